The van der Waals surface area contributed by atoms with Crippen LogP contribution in [0.5, 0.6) is 0 Å². The minimum atomic E-state index is 0.346. The van der Waals surface area contributed by atoms with Crippen LogP contribution in [0.1, 0.15) is 25.5 Å². The highest BCUT2D eigenvalue weighted by atomic mass is 32.2. The van der Waals surface area contributed by atoms with Crippen LogP contribution in [0, 0.1) is 0 Å². The van der Waals surface area contributed by atoms with Crippen LogP contribution in [-0.4, -0.2) is 42.1 Å². The topological polar surface area (TPSA) is 15.3 Å². The lowest BCUT2D eigenvalue weighted by atomic mass is 10.0. The number of nitrogens with zero attached hydrogens (tertiary/aromatic N) is 1. The molecule has 2 rings (SSSR count). The number of hydrogen-bond acceptors (Lipinski definition) is 3. The summed E-state index contributed by atoms with van der Waals surface area (Å²) in [7, 11) is 0. The Balaban J connectivity index is 1.97. The van der Waals surface area contributed by atoms with Crippen molar-refractivity contribution in [1.29, 1.82) is 0 Å². The quantitative estimate of drug-likeness (QED) is 0.900. The summed E-state index contributed by atoms with van der Waals surface area (Å²) in [5, 5.41) is 3.62. The Kier molecular flexibility index (Phi) is 4.71. The van der Waals surface area contributed by atoms with E-state index in [-0.39, 0.29) is 0 Å². The van der Waals surface area contributed by atoms with Crippen molar-refractivity contribution in [3.05, 3.63) is 35.9 Å². The van der Waals surface area contributed by atoms with Gasteiger partial charge in [0.25, 0.3) is 0 Å². The van der Waals surface area contributed by atoms with Crippen molar-refractivity contribution in [2.45, 2.75) is 24.6 Å². The van der Waals surface area contributed by atoms with Crippen LogP contribution in [-0.2, 0) is 0 Å². The number of piperazine rings is 1. The lowest BCUT2D eigenvalue weighted by Gasteiger charge is -2.38. The fraction of sp³-hybridized carbons (Fsp3) is 0.600. The molecule has 1 heterocycles. The van der Waals surface area contributed by atoms with E-state index in [4.69, 9.17) is 0 Å². The molecule has 1 unspecified atom stereocenters. The lowest BCUT2D eigenvalue weighted by molar-refractivity contribution is 0.189. The molecule has 0 amide bonds. The molecular weight excluding hydrogens is 240 g/mol. The second-order valence-electron chi connectivity index (χ2n) is 5.62. The zero-order valence-electron chi connectivity index (χ0n) is 11.6. The predicted molar refractivity (Wildman–Crippen MR) is 81.2 cm³/mol. The van der Waals surface area contributed by atoms with Gasteiger partial charge in [-0.3, -0.25) is 4.90 Å². The van der Waals surface area contributed by atoms with Gasteiger partial charge in [0.1, 0.15) is 0 Å². The van der Waals surface area contributed by atoms with Crippen molar-refractivity contribution in [3.63, 3.8) is 0 Å². The Bertz CT molecular complexity index is 364. The van der Waals surface area contributed by atoms with Crippen molar-refractivity contribution >= 4 is 11.8 Å². The highest BCUT2D eigenvalue weighted by molar-refractivity contribution is 7.99. The molecule has 0 saturated carbocycles. The average molecular weight is 264 g/mol. The van der Waals surface area contributed by atoms with Crippen LogP contribution >= 0.6 is 11.8 Å². The molecule has 0 radical (unpaired) electrons. The van der Waals surface area contributed by atoms with Gasteiger partial charge in [0.2, 0.25) is 0 Å². The van der Waals surface area contributed by atoms with E-state index in [9.17, 15) is 0 Å². The first-order chi connectivity index (χ1) is 8.61. The molecule has 0 bridgehead atoms. The summed E-state index contributed by atoms with van der Waals surface area (Å²) in [6.45, 7) is 9.19. The molecule has 0 aromatic heterocycles. The van der Waals surface area contributed by atoms with Gasteiger partial charge in [-0.25, -0.2) is 0 Å². The minimum Gasteiger partial charge on any atom is -0.308 e. The number of thioether (sulfide) groups is 1. The fourth-order valence-electron chi connectivity index (χ4n) is 2.47. The SMILES string of the molecule is CSC(C)(C)CN1CCNC(c2ccccc2)C1. The first-order valence-electron chi connectivity index (χ1n) is 6.66. The number of rotatable bonds is 4. The van der Waals surface area contributed by atoms with E-state index in [0.29, 0.717) is 10.8 Å². The first kappa shape index (κ1) is 13.9. The summed E-state index contributed by atoms with van der Waals surface area (Å²) in [6, 6.07) is 11.3. The highest BCUT2D eigenvalue weighted by Crippen LogP contribution is 2.25. The summed E-state index contributed by atoms with van der Waals surface area (Å²) in [6.07, 6.45) is 2.21. The maximum Gasteiger partial charge on any atom is 0.0449 e. The molecule has 1 atom stereocenters. The molecule has 1 aromatic rings. The summed E-state index contributed by atoms with van der Waals surface area (Å²) in [5.41, 5.74) is 1.41. The molecule has 1 aliphatic heterocycles. The maximum absolute atomic E-state index is 3.62. The van der Waals surface area contributed by atoms with Crippen molar-refractivity contribution in [1.82, 2.24) is 10.2 Å². The number of benzene rings is 1. The number of hydrogen-bond donors (Lipinski definition) is 1. The molecule has 3 heteroatoms. The van der Waals surface area contributed by atoms with Crippen LogP contribution < -0.4 is 5.32 Å². The standard InChI is InChI=1S/C15H24N2S/c1-15(2,18-3)12-17-10-9-16-14(11-17)13-7-5-4-6-8-13/h4-8,14,16H,9-12H2,1-3H3. The van der Waals surface area contributed by atoms with Gasteiger partial charge in [0.05, 0.1) is 0 Å². The molecule has 1 fully saturated rings. The summed E-state index contributed by atoms with van der Waals surface area (Å²) >= 11 is 1.96. The highest BCUT2D eigenvalue weighted by Gasteiger charge is 2.25. The Labute approximate surface area is 115 Å². The van der Waals surface area contributed by atoms with Gasteiger partial charge in [0, 0.05) is 37.0 Å². The zero-order valence-corrected chi connectivity index (χ0v) is 12.5. The van der Waals surface area contributed by atoms with E-state index in [1.54, 1.807) is 0 Å². The van der Waals surface area contributed by atoms with Crippen LogP contribution in [0.3, 0.4) is 0 Å². The van der Waals surface area contributed by atoms with Gasteiger partial charge in [-0.05, 0) is 25.7 Å². The third-order valence-corrected chi connectivity index (χ3v) is 4.85. The Morgan fingerprint density at radius 2 is 2.06 bits per heavy atom. The summed E-state index contributed by atoms with van der Waals surface area (Å²) < 4.78 is 0.346. The van der Waals surface area contributed by atoms with E-state index < -0.39 is 0 Å². The second kappa shape index (κ2) is 6.09. The van der Waals surface area contributed by atoms with Gasteiger partial charge in [0.15, 0.2) is 0 Å². The van der Waals surface area contributed by atoms with E-state index in [2.05, 4.69) is 60.7 Å². The Morgan fingerprint density at radius 1 is 1.33 bits per heavy atom. The monoisotopic (exact) mass is 264 g/mol. The van der Waals surface area contributed by atoms with E-state index in [1.807, 2.05) is 11.8 Å². The van der Waals surface area contributed by atoms with Gasteiger partial charge in [-0.2, -0.15) is 11.8 Å². The molecule has 0 aliphatic carbocycles. The van der Waals surface area contributed by atoms with Crippen molar-refractivity contribution < 1.29 is 0 Å². The molecule has 1 N–H and O–H groups in total. The second-order valence-corrected chi connectivity index (χ2v) is 7.13. The first-order valence-corrected chi connectivity index (χ1v) is 7.89. The zero-order chi connectivity index (χ0) is 13.0. The molecule has 1 aromatic carbocycles. The number of nitrogens with one attached hydrogen (secondary N) is 1. The van der Waals surface area contributed by atoms with Crippen LogP contribution in [0.25, 0.3) is 0 Å². The molecule has 18 heavy (non-hydrogen) atoms. The summed E-state index contributed by atoms with van der Waals surface area (Å²) in [4.78, 5) is 2.59. The predicted octanol–water partition coefficient (Wildman–Crippen LogP) is 2.77. The van der Waals surface area contributed by atoms with Gasteiger partial charge >= 0.3 is 0 Å². The largest absolute Gasteiger partial charge is 0.308 e. The third-order valence-electron chi connectivity index (χ3n) is 3.62. The smallest absolute Gasteiger partial charge is 0.0449 e. The lowest BCUT2D eigenvalue weighted by Crippen LogP contribution is -2.49. The van der Waals surface area contributed by atoms with E-state index in [0.717, 1.165) is 19.6 Å². The average Bonchev–Trinajstić information content (AvgIpc) is 2.40. The van der Waals surface area contributed by atoms with Crippen LogP contribution in [0.4, 0.5) is 0 Å². The normalized spacial score (nSPS) is 22.1. The fourth-order valence-corrected chi connectivity index (χ4v) is 2.78. The molecule has 1 saturated heterocycles. The van der Waals surface area contributed by atoms with Crippen molar-refractivity contribution in [2.75, 3.05) is 32.4 Å². The van der Waals surface area contributed by atoms with Crippen molar-refractivity contribution in [2.24, 2.45) is 0 Å². The van der Waals surface area contributed by atoms with Crippen LogP contribution in [0.15, 0.2) is 30.3 Å². The minimum absolute atomic E-state index is 0.346. The van der Waals surface area contributed by atoms with Gasteiger partial charge in [-0.15, -0.1) is 0 Å². The Hall–Kier alpha value is -0.510. The van der Waals surface area contributed by atoms with E-state index in [1.165, 1.54) is 12.1 Å². The van der Waals surface area contributed by atoms with Crippen molar-refractivity contribution in [3.8, 4) is 0 Å². The maximum atomic E-state index is 3.62. The molecular formula is C15H24N2S. The van der Waals surface area contributed by atoms with E-state index >= 15 is 0 Å². The molecule has 1 aliphatic rings. The molecule has 0 spiro atoms. The Morgan fingerprint density at radius 3 is 2.72 bits per heavy atom. The summed E-state index contributed by atoms with van der Waals surface area (Å²) in [5.74, 6) is 0. The van der Waals surface area contributed by atoms with Gasteiger partial charge in [-0.1, -0.05) is 30.3 Å². The third kappa shape index (κ3) is 3.74. The van der Waals surface area contributed by atoms with Gasteiger partial charge < -0.3 is 5.32 Å². The van der Waals surface area contributed by atoms with Crippen LogP contribution in [0.2, 0.25) is 0 Å². The molecule has 2 nitrogen and oxygen atoms in total. The molecule has 100 valence electrons.